The third-order valence-electron chi connectivity index (χ3n) is 4.08. The van der Waals surface area contributed by atoms with E-state index >= 15 is 0 Å². The van der Waals surface area contributed by atoms with Gasteiger partial charge in [-0.25, -0.2) is 8.42 Å². The zero-order valence-electron chi connectivity index (χ0n) is 16.9. The Morgan fingerprint density at radius 3 is 1.97 bits per heavy atom. The number of anilines is 2. The zero-order valence-corrected chi connectivity index (χ0v) is 17.8. The first-order valence-corrected chi connectivity index (χ1v) is 10.7. The first-order valence-electron chi connectivity index (χ1n) is 8.89. The summed E-state index contributed by atoms with van der Waals surface area (Å²) in [5.74, 6) is -1.08. The lowest BCUT2D eigenvalue weighted by molar-refractivity contribution is -0.274. The fraction of sp³-hybridized carbons (Fsp3) is 0.350. The lowest BCUT2D eigenvalue weighted by Crippen LogP contribution is -2.37. The minimum atomic E-state index is -4.82. The Balaban J connectivity index is 2.13. The van der Waals surface area contributed by atoms with Crippen LogP contribution in [0, 0.1) is 0 Å². The van der Waals surface area contributed by atoms with Gasteiger partial charge in [0.05, 0.1) is 11.9 Å². The Kier molecular flexibility index (Phi) is 6.70. The van der Waals surface area contributed by atoms with E-state index in [1.165, 1.54) is 12.1 Å². The van der Waals surface area contributed by atoms with Crippen molar-refractivity contribution in [1.82, 2.24) is 0 Å². The lowest BCUT2D eigenvalue weighted by Gasteiger charge is -2.24. The summed E-state index contributed by atoms with van der Waals surface area (Å²) < 4.78 is 65.7. The number of nitrogens with zero attached hydrogens (tertiary/aromatic N) is 1. The number of hydrogen-bond acceptors (Lipinski definition) is 4. The number of carbonyl (C=O) groups excluding carboxylic acids is 1. The molecule has 0 spiro atoms. The molecule has 0 saturated heterocycles. The van der Waals surface area contributed by atoms with Gasteiger partial charge in [-0.2, -0.15) is 0 Å². The Hall–Kier alpha value is -2.75. The minimum Gasteiger partial charge on any atom is -0.406 e. The van der Waals surface area contributed by atoms with Crippen molar-refractivity contribution in [3.05, 3.63) is 54.1 Å². The van der Waals surface area contributed by atoms with Crippen LogP contribution in [-0.2, 0) is 20.2 Å². The molecule has 2 aromatic rings. The standard InChI is InChI=1S/C20H23F3N2O4S/c1-19(2,3)14-5-9-16(10-6-14)25(30(4,27)28)13-18(26)24-15-7-11-17(12-8-15)29-20(21,22)23/h5-12H,13H2,1-4H3,(H,24,26). The zero-order chi connectivity index (χ0) is 22.7. The second-order valence-electron chi connectivity index (χ2n) is 7.69. The Labute approximate surface area is 173 Å². The van der Waals surface area contributed by atoms with Crippen LogP contribution in [0.5, 0.6) is 5.75 Å². The van der Waals surface area contributed by atoms with Crippen LogP contribution >= 0.6 is 0 Å². The number of sulfonamides is 1. The number of alkyl halides is 3. The van der Waals surface area contributed by atoms with Crippen LogP contribution in [0.15, 0.2) is 48.5 Å². The average molecular weight is 444 g/mol. The summed E-state index contributed by atoms with van der Waals surface area (Å²) in [6, 6.07) is 11.4. The lowest BCUT2D eigenvalue weighted by atomic mass is 9.87. The molecule has 164 valence electrons. The van der Waals surface area contributed by atoms with E-state index in [2.05, 4.69) is 10.1 Å². The van der Waals surface area contributed by atoms with Crippen LogP contribution in [0.3, 0.4) is 0 Å². The van der Waals surface area contributed by atoms with Gasteiger partial charge in [0.2, 0.25) is 15.9 Å². The predicted molar refractivity (Wildman–Crippen MR) is 109 cm³/mol. The van der Waals surface area contributed by atoms with Crippen molar-refractivity contribution in [3.63, 3.8) is 0 Å². The van der Waals surface area contributed by atoms with Gasteiger partial charge in [0.15, 0.2) is 0 Å². The van der Waals surface area contributed by atoms with E-state index in [-0.39, 0.29) is 11.1 Å². The maximum absolute atomic E-state index is 12.4. The summed E-state index contributed by atoms with van der Waals surface area (Å²) in [6.07, 6.45) is -3.83. The van der Waals surface area contributed by atoms with Crippen LogP contribution in [0.1, 0.15) is 26.3 Å². The molecule has 0 fully saturated rings. The molecule has 0 aliphatic rings. The van der Waals surface area contributed by atoms with Crippen molar-refractivity contribution in [2.24, 2.45) is 0 Å². The minimum absolute atomic E-state index is 0.117. The highest BCUT2D eigenvalue weighted by Gasteiger charge is 2.31. The second kappa shape index (κ2) is 8.55. The fourth-order valence-electron chi connectivity index (χ4n) is 2.60. The molecule has 30 heavy (non-hydrogen) atoms. The number of ether oxygens (including phenoxy) is 1. The number of rotatable bonds is 6. The molecule has 1 N–H and O–H groups in total. The maximum Gasteiger partial charge on any atom is 0.573 e. The van der Waals surface area contributed by atoms with Crippen LogP contribution in [0.2, 0.25) is 0 Å². The molecule has 0 saturated carbocycles. The number of amides is 1. The van der Waals surface area contributed by atoms with E-state index < -0.39 is 34.6 Å². The number of halogens is 3. The fourth-order valence-corrected chi connectivity index (χ4v) is 3.46. The Morgan fingerprint density at radius 2 is 1.53 bits per heavy atom. The third-order valence-corrected chi connectivity index (χ3v) is 5.22. The predicted octanol–water partition coefficient (Wildman–Crippen LogP) is 4.29. The summed E-state index contributed by atoms with van der Waals surface area (Å²) in [6.45, 7) is 5.58. The monoisotopic (exact) mass is 444 g/mol. The van der Waals surface area contributed by atoms with Gasteiger partial charge in [-0.05, 0) is 47.4 Å². The van der Waals surface area contributed by atoms with E-state index in [9.17, 15) is 26.4 Å². The molecule has 0 aliphatic carbocycles. The summed E-state index contributed by atoms with van der Waals surface area (Å²) >= 11 is 0. The molecule has 2 rings (SSSR count). The molecule has 10 heteroatoms. The average Bonchev–Trinajstić information content (AvgIpc) is 2.58. The van der Waals surface area contributed by atoms with Gasteiger partial charge in [-0.3, -0.25) is 9.10 Å². The molecule has 6 nitrogen and oxygen atoms in total. The highest BCUT2D eigenvalue weighted by molar-refractivity contribution is 7.92. The van der Waals surface area contributed by atoms with Crippen molar-refractivity contribution >= 4 is 27.3 Å². The summed E-state index contributed by atoms with van der Waals surface area (Å²) in [4.78, 5) is 12.4. The first kappa shape index (κ1) is 23.5. The third kappa shape index (κ3) is 6.94. The normalized spacial score (nSPS) is 12.4. The van der Waals surface area contributed by atoms with Gasteiger partial charge in [0.1, 0.15) is 12.3 Å². The van der Waals surface area contributed by atoms with E-state index in [1.54, 1.807) is 24.3 Å². The molecule has 0 unspecified atom stereocenters. The quantitative estimate of drug-likeness (QED) is 0.721. The number of hydrogen-bond donors (Lipinski definition) is 1. The second-order valence-corrected chi connectivity index (χ2v) is 9.59. The molecule has 0 radical (unpaired) electrons. The molecule has 0 aliphatic heterocycles. The Bertz CT molecular complexity index is 981. The Morgan fingerprint density at radius 1 is 1.00 bits per heavy atom. The van der Waals surface area contributed by atoms with Crippen molar-refractivity contribution in [2.75, 3.05) is 22.4 Å². The van der Waals surface area contributed by atoms with Gasteiger partial charge in [-0.15, -0.1) is 13.2 Å². The maximum atomic E-state index is 12.4. The van der Waals surface area contributed by atoms with Gasteiger partial charge >= 0.3 is 6.36 Å². The van der Waals surface area contributed by atoms with E-state index in [1.807, 2.05) is 20.8 Å². The van der Waals surface area contributed by atoms with E-state index in [4.69, 9.17) is 0 Å². The van der Waals surface area contributed by atoms with Crippen molar-refractivity contribution in [1.29, 1.82) is 0 Å². The molecule has 2 aromatic carbocycles. The highest BCUT2D eigenvalue weighted by Crippen LogP contribution is 2.26. The first-order chi connectivity index (χ1) is 13.6. The molecule has 0 aromatic heterocycles. The van der Waals surface area contributed by atoms with Crippen molar-refractivity contribution in [3.8, 4) is 5.75 Å². The van der Waals surface area contributed by atoms with E-state index in [0.717, 1.165) is 28.3 Å². The molecule has 0 bridgehead atoms. The smallest absolute Gasteiger partial charge is 0.406 e. The van der Waals surface area contributed by atoms with Gasteiger partial charge in [0, 0.05) is 5.69 Å². The summed E-state index contributed by atoms with van der Waals surface area (Å²) in [5.41, 5.74) is 1.42. The van der Waals surface area contributed by atoms with Crippen molar-refractivity contribution in [2.45, 2.75) is 32.5 Å². The largest absolute Gasteiger partial charge is 0.573 e. The van der Waals surface area contributed by atoms with Gasteiger partial charge in [-0.1, -0.05) is 32.9 Å². The summed E-state index contributed by atoms with van der Waals surface area (Å²) in [5, 5.41) is 2.46. The molecular weight excluding hydrogens is 421 g/mol. The van der Waals surface area contributed by atoms with Crippen LogP contribution < -0.4 is 14.4 Å². The number of nitrogens with one attached hydrogen (secondary N) is 1. The molecular formula is C20H23F3N2O4S. The van der Waals surface area contributed by atoms with Crippen LogP contribution in [0.4, 0.5) is 24.5 Å². The van der Waals surface area contributed by atoms with Crippen LogP contribution in [-0.4, -0.2) is 33.5 Å². The highest BCUT2D eigenvalue weighted by atomic mass is 32.2. The SMILES string of the molecule is CC(C)(C)c1ccc(N(CC(=O)Nc2ccc(OC(F)(F)F)cc2)S(C)(=O)=O)cc1. The summed E-state index contributed by atoms with van der Waals surface area (Å²) in [7, 11) is -3.75. The molecule has 0 atom stereocenters. The van der Waals surface area contributed by atoms with Gasteiger partial charge in [0.25, 0.3) is 0 Å². The van der Waals surface area contributed by atoms with Crippen LogP contribution in [0.25, 0.3) is 0 Å². The molecule has 1 amide bonds. The topological polar surface area (TPSA) is 75.7 Å². The number of carbonyl (C=O) groups is 1. The molecule has 0 heterocycles. The van der Waals surface area contributed by atoms with Gasteiger partial charge < -0.3 is 10.1 Å². The van der Waals surface area contributed by atoms with E-state index in [0.29, 0.717) is 5.69 Å². The number of benzene rings is 2. The van der Waals surface area contributed by atoms with Crippen molar-refractivity contribution < 1.29 is 31.1 Å².